The van der Waals surface area contributed by atoms with Gasteiger partial charge in [-0.3, -0.25) is 0 Å². The molecule has 5 aliphatic rings. The van der Waals surface area contributed by atoms with Crippen LogP contribution >= 0.6 is 0 Å². The first-order valence-corrected chi connectivity index (χ1v) is 16.7. The average molecular weight is 653 g/mol. The van der Waals surface area contributed by atoms with Crippen LogP contribution < -0.4 is 0 Å². The second-order valence-corrected chi connectivity index (χ2v) is 14.3. The van der Waals surface area contributed by atoms with Crippen LogP contribution in [0.25, 0.3) is 0 Å². The topological polar surface area (TPSA) is 155 Å². The number of fused-ring (bicyclic) bond motifs is 2. The Bertz CT molecular complexity index is 1460. The summed E-state index contributed by atoms with van der Waals surface area (Å²) in [6, 6.07) is 9.09. The molecule has 10 heteroatoms. The highest BCUT2D eigenvalue weighted by molar-refractivity contribution is 5.82. The molecule has 0 amide bonds. The summed E-state index contributed by atoms with van der Waals surface area (Å²) < 4.78 is 26.4. The van der Waals surface area contributed by atoms with Crippen molar-refractivity contribution in [2.45, 2.75) is 106 Å². The Morgan fingerprint density at radius 3 is 2.45 bits per heavy atom. The largest absolute Gasteiger partial charge is 0.456 e. The van der Waals surface area contributed by atoms with E-state index in [4.69, 9.17) is 18.9 Å². The van der Waals surface area contributed by atoms with Crippen LogP contribution in [0.1, 0.15) is 58.9 Å². The van der Waals surface area contributed by atoms with Crippen LogP contribution in [0.4, 0.5) is 0 Å². The highest BCUT2D eigenvalue weighted by atomic mass is 16.9. The lowest BCUT2D eigenvalue weighted by molar-refractivity contribution is -0.446. The van der Waals surface area contributed by atoms with Crippen molar-refractivity contribution in [2.24, 2.45) is 23.7 Å². The number of rotatable bonds is 9. The second kappa shape index (κ2) is 12.0. The molecule has 5 fully saturated rings. The summed E-state index contributed by atoms with van der Waals surface area (Å²) in [6.07, 6.45) is 6.35. The molecule has 5 N–H and O–H groups in total. The molecular formula is C37H48O10. The number of aliphatic hydroxyl groups excluding tert-OH is 3. The lowest BCUT2D eigenvalue weighted by Crippen LogP contribution is -2.73. The van der Waals surface area contributed by atoms with E-state index in [1.54, 1.807) is 31.2 Å². The zero-order valence-electron chi connectivity index (χ0n) is 27.5. The van der Waals surface area contributed by atoms with Crippen LogP contribution in [0.2, 0.25) is 0 Å². The molecule has 1 aromatic carbocycles. The number of carbonyl (C=O) groups excluding carboxylic acids is 1. The monoisotopic (exact) mass is 652 g/mol. The van der Waals surface area contributed by atoms with Crippen molar-refractivity contribution in [1.29, 1.82) is 0 Å². The van der Waals surface area contributed by atoms with E-state index in [0.29, 0.717) is 17.6 Å². The van der Waals surface area contributed by atoms with E-state index in [9.17, 15) is 30.3 Å². The van der Waals surface area contributed by atoms with Crippen LogP contribution in [0.15, 0.2) is 78.9 Å². The molecule has 3 bridgehead atoms. The van der Waals surface area contributed by atoms with Gasteiger partial charge in [0.2, 0.25) is 0 Å². The Balaban J connectivity index is 1.47. The quantitative estimate of drug-likeness (QED) is 0.116. The van der Waals surface area contributed by atoms with Crippen LogP contribution in [-0.4, -0.2) is 84.9 Å². The van der Waals surface area contributed by atoms with Gasteiger partial charge in [0.25, 0.3) is 0 Å². The van der Waals surface area contributed by atoms with Crippen LogP contribution in [-0.2, 0) is 29.7 Å². The molecule has 256 valence electrons. The molecule has 0 radical (unpaired) electrons. The first-order valence-electron chi connectivity index (χ1n) is 16.7. The summed E-state index contributed by atoms with van der Waals surface area (Å²) in [5, 5.41) is 59.7. The summed E-state index contributed by atoms with van der Waals surface area (Å²) in [7, 11) is 0. The zero-order valence-corrected chi connectivity index (χ0v) is 27.5. The minimum atomic E-state index is -2.66. The first-order chi connectivity index (χ1) is 22.3. The van der Waals surface area contributed by atoms with Gasteiger partial charge in [-0.15, -0.1) is 0 Å². The van der Waals surface area contributed by atoms with Gasteiger partial charge in [0.15, 0.2) is 0 Å². The van der Waals surface area contributed by atoms with Crippen LogP contribution in [0, 0.1) is 23.7 Å². The van der Waals surface area contributed by atoms with E-state index in [-0.39, 0.29) is 6.42 Å². The molecule has 6 rings (SSSR count). The van der Waals surface area contributed by atoms with Crippen molar-refractivity contribution in [3.63, 3.8) is 0 Å². The Hall–Kier alpha value is -2.67. The fourth-order valence-corrected chi connectivity index (χ4v) is 9.38. The fraction of sp³-hybridized carbons (Fsp3) is 0.595. The maximum Gasteiger partial charge on any atom is 0.331 e. The molecule has 2 saturated heterocycles. The van der Waals surface area contributed by atoms with Gasteiger partial charge in [-0.1, -0.05) is 94.5 Å². The zero-order chi connectivity index (χ0) is 34.0. The highest BCUT2D eigenvalue weighted by Gasteiger charge is 2.85. The lowest BCUT2D eigenvalue weighted by Gasteiger charge is -2.60. The minimum absolute atomic E-state index is 0.198. The molecule has 0 aromatic heterocycles. The number of carbonyl (C=O) groups is 1. The van der Waals surface area contributed by atoms with E-state index < -0.39 is 89.0 Å². The van der Waals surface area contributed by atoms with E-state index in [0.717, 1.165) is 12.8 Å². The summed E-state index contributed by atoms with van der Waals surface area (Å²) in [5.74, 6) is -5.60. The normalized spacial score (nSPS) is 47.0. The number of unbranched alkanes of at least 4 members (excludes halogenated alkanes) is 1. The summed E-state index contributed by atoms with van der Waals surface area (Å²) >= 11 is 0. The van der Waals surface area contributed by atoms with Gasteiger partial charge in [-0.05, 0) is 43.6 Å². The van der Waals surface area contributed by atoms with Gasteiger partial charge in [-0.2, -0.15) is 0 Å². The lowest BCUT2D eigenvalue weighted by atomic mass is 9.53. The predicted molar refractivity (Wildman–Crippen MR) is 171 cm³/mol. The standard InChI is InChI=1S/C37H48O10/c1-6-7-8-9-10-11-15-18-27(39)44-30-23(4)19-26-35(30,43)32(41)33(42,21-38)29(40)28-31-34(22(2)3)20-24(5)36(26,28)47-37(45-31,46-34)25-16-13-12-14-17-25/h8-18,23-24,26,28-32,38,40-43H,2,6-7,19-21H2,1,3-5H3/t23-,24+,26-,28+,29-,30+,31+,32+,33+,34-,35+,36+,37+/m0/s1. The van der Waals surface area contributed by atoms with Gasteiger partial charge >= 0.3 is 11.9 Å². The van der Waals surface area contributed by atoms with Crippen molar-refractivity contribution in [2.75, 3.05) is 6.61 Å². The molecule has 2 heterocycles. The minimum Gasteiger partial charge on any atom is -0.456 e. The number of esters is 1. The molecule has 1 aromatic rings. The molecule has 13 atom stereocenters. The second-order valence-electron chi connectivity index (χ2n) is 14.3. The van der Waals surface area contributed by atoms with E-state index in [1.165, 1.54) is 12.2 Å². The van der Waals surface area contributed by atoms with Gasteiger partial charge in [0.1, 0.15) is 35.1 Å². The maximum absolute atomic E-state index is 13.2. The molecule has 10 nitrogen and oxygen atoms in total. The number of benzene rings is 1. The van der Waals surface area contributed by atoms with Crippen molar-refractivity contribution in [3.05, 3.63) is 84.5 Å². The van der Waals surface area contributed by atoms with Crippen molar-refractivity contribution in [1.82, 2.24) is 0 Å². The highest BCUT2D eigenvalue weighted by Crippen LogP contribution is 2.72. The van der Waals surface area contributed by atoms with Crippen LogP contribution in [0.3, 0.4) is 0 Å². The number of ether oxygens (including phenoxy) is 4. The number of hydrogen-bond acceptors (Lipinski definition) is 10. The summed E-state index contributed by atoms with van der Waals surface area (Å²) in [5.41, 5.74) is -6.48. The van der Waals surface area contributed by atoms with Crippen molar-refractivity contribution in [3.8, 4) is 0 Å². The molecular weight excluding hydrogens is 604 g/mol. The Morgan fingerprint density at radius 2 is 1.79 bits per heavy atom. The molecule has 2 aliphatic heterocycles. The molecule has 3 saturated carbocycles. The van der Waals surface area contributed by atoms with Gasteiger partial charge < -0.3 is 44.5 Å². The van der Waals surface area contributed by atoms with Crippen molar-refractivity contribution < 1.29 is 49.3 Å². The summed E-state index contributed by atoms with van der Waals surface area (Å²) in [6.45, 7) is 10.7. The van der Waals surface area contributed by atoms with Gasteiger partial charge in [-0.25, -0.2) is 4.79 Å². The average Bonchev–Trinajstić information content (AvgIpc) is 3.42. The van der Waals surface area contributed by atoms with E-state index >= 15 is 0 Å². The number of hydrogen-bond donors (Lipinski definition) is 5. The van der Waals surface area contributed by atoms with Crippen LogP contribution in [0.5, 0.6) is 0 Å². The van der Waals surface area contributed by atoms with Gasteiger partial charge in [0, 0.05) is 23.5 Å². The third-order valence-corrected chi connectivity index (χ3v) is 11.5. The smallest absolute Gasteiger partial charge is 0.331 e. The maximum atomic E-state index is 13.2. The third kappa shape index (κ3) is 4.71. The Kier molecular flexibility index (Phi) is 8.76. The molecule has 0 spiro atoms. The number of allylic oxidation sites excluding steroid dienone is 5. The third-order valence-electron chi connectivity index (χ3n) is 11.5. The number of aliphatic hydroxyl groups is 5. The molecule has 47 heavy (non-hydrogen) atoms. The molecule has 3 aliphatic carbocycles. The summed E-state index contributed by atoms with van der Waals surface area (Å²) in [4.78, 5) is 13.2. The van der Waals surface area contributed by atoms with E-state index in [1.807, 2.05) is 44.2 Å². The predicted octanol–water partition coefficient (Wildman–Crippen LogP) is 3.18. The SMILES string of the molecule is C=C(C)[C@@]12C[C@@H](C)[C@]34O[C@](c5ccccc5)(O[C@@H]1[C@H]3[C@H](O)[C@](O)(CO)[C@@H](O)[C@]1(O)[C@H](OC(=O)C=CC=CC=CCCC)[C@@H](C)C[C@@H]14)O2. The first kappa shape index (κ1) is 34.2. The molecule has 0 unspecified atom stereocenters. The Morgan fingerprint density at radius 1 is 1.09 bits per heavy atom. The fourth-order valence-electron chi connectivity index (χ4n) is 9.38. The Labute approximate surface area is 276 Å². The van der Waals surface area contributed by atoms with Crippen molar-refractivity contribution >= 4 is 5.97 Å². The van der Waals surface area contributed by atoms with Gasteiger partial charge in [0.05, 0.1) is 18.3 Å². The van der Waals surface area contributed by atoms with E-state index in [2.05, 4.69) is 13.5 Å².